The topological polar surface area (TPSA) is 43.4 Å². The van der Waals surface area contributed by atoms with Gasteiger partial charge < -0.3 is 4.74 Å². The van der Waals surface area contributed by atoms with Crippen molar-refractivity contribution in [2.45, 2.75) is 20.8 Å². The summed E-state index contributed by atoms with van der Waals surface area (Å²) in [6.45, 7) is 5.96. The van der Waals surface area contributed by atoms with Crippen LogP contribution in [0.3, 0.4) is 0 Å². The van der Waals surface area contributed by atoms with Crippen LogP contribution in [0.4, 0.5) is 0 Å². The summed E-state index contributed by atoms with van der Waals surface area (Å²) in [5, 5.41) is 0. The number of thioether (sulfide) groups is 1. The van der Waals surface area contributed by atoms with E-state index in [1.807, 2.05) is 32.9 Å². The lowest BCUT2D eigenvalue weighted by atomic mass is 9.99. The molecule has 3 nitrogen and oxygen atoms in total. The third-order valence-corrected chi connectivity index (χ3v) is 3.73. The first kappa shape index (κ1) is 14.8. The zero-order chi connectivity index (χ0) is 13.7. The molecule has 18 heavy (non-hydrogen) atoms. The molecule has 1 aromatic rings. The second-order valence-electron chi connectivity index (χ2n) is 4.24. The molecule has 4 heteroatoms. The molecule has 0 aliphatic carbocycles. The number of esters is 1. The number of Topliss-reactive ketones (excluding diaryl/α,β-unsaturated/α-hetero) is 1. The number of benzene rings is 1. The van der Waals surface area contributed by atoms with Crippen LogP contribution >= 0.6 is 11.8 Å². The van der Waals surface area contributed by atoms with Gasteiger partial charge in [0.25, 0.3) is 0 Å². The lowest BCUT2D eigenvalue weighted by Crippen LogP contribution is -2.09. The van der Waals surface area contributed by atoms with Gasteiger partial charge in [-0.25, -0.2) is 0 Å². The molecule has 0 bridgehead atoms. The van der Waals surface area contributed by atoms with E-state index in [0.29, 0.717) is 5.75 Å². The van der Waals surface area contributed by atoms with Gasteiger partial charge in [-0.3, -0.25) is 9.59 Å². The molecular formula is C14H18O3S. The molecule has 0 spiro atoms. The van der Waals surface area contributed by atoms with Crippen molar-refractivity contribution in [1.82, 2.24) is 0 Å². The Morgan fingerprint density at radius 3 is 2.28 bits per heavy atom. The lowest BCUT2D eigenvalue weighted by Gasteiger charge is -2.08. The Bertz CT molecular complexity index is 466. The summed E-state index contributed by atoms with van der Waals surface area (Å²) in [4.78, 5) is 23.0. The third kappa shape index (κ3) is 3.88. The number of hydrogen-bond acceptors (Lipinski definition) is 4. The van der Waals surface area contributed by atoms with Gasteiger partial charge >= 0.3 is 5.97 Å². The SMILES string of the molecule is COC(=O)CSCC(=O)c1cc(C)c(C)cc1C. The van der Waals surface area contributed by atoms with Gasteiger partial charge in [0, 0.05) is 5.56 Å². The third-order valence-electron chi connectivity index (χ3n) is 2.82. The normalized spacial score (nSPS) is 10.2. The molecule has 0 saturated carbocycles. The summed E-state index contributed by atoms with van der Waals surface area (Å²) in [5.74, 6) is 0.277. The number of hydrogen-bond donors (Lipinski definition) is 0. The van der Waals surface area contributed by atoms with Crippen LogP contribution in [0.5, 0.6) is 0 Å². The Morgan fingerprint density at radius 1 is 1.06 bits per heavy atom. The maximum absolute atomic E-state index is 12.0. The summed E-state index contributed by atoms with van der Waals surface area (Å²) in [6, 6.07) is 3.94. The number of rotatable bonds is 5. The average Bonchev–Trinajstić information content (AvgIpc) is 2.33. The largest absolute Gasteiger partial charge is 0.468 e. The van der Waals surface area contributed by atoms with Crippen LogP contribution < -0.4 is 0 Å². The van der Waals surface area contributed by atoms with E-state index >= 15 is 0 Å². The van der Waals surface area contributed by atoms with E-state index in [2.05, 4.69) is 4.74 Å². The van der Waals surface area contributed by atoms with Crippen LogP contribution in [-0.2, 0) is 9.53 Å². The Labute approximate surface area is 112 Å². The quantitative estimate of drug-likeness (QED) is 0.607. The highest BCUT2D eigenvalue weighted by Crippen LogP contribution is 2.17. The Morgan fingerprint density at radius 2 is 1.67 bits per heavy atom. The maximum Gasteiger partial charge on any atom is 0.315 e. The Balaban J connectivity index is 2.67. The van der Waals surface area contributed by atoms with E-state index in [0.717, 1.165) is 16.7 Å². The second kappa shape index (κ2) is 6.59. The van der Waals surface area contributed by atoms with Gasteiger partial charge in [-0.1, -0.05) is 6.07 Å². The number of aryl methyl sites for hydroxylation is 3. The molecule has 0 aliphatic heterocycles. The summed E-state index contributed by atoms with van der Waals surface area (Å²) in [6.07, 6.45) is 0. The number of carbonyl (C=O) groups is 2. The fourth-order valence-electron chi connectivity index (χ4n) is 1.62. The molecule has 1 aromatic carbocycles. The van der Waals surface area contributed by atoms with Crippen molar-refractivity contribution in [3.8, 4) is 0 Å². The van der Waals surface area contributed by atoms with Crippen LogP contribution in [0, 0.1) is 20.8 Å². The van der Waals surface area contributed by atoms with Crippen molar-refractivity contribution in [2.24, 2.45) is 0 Å². The molecule has 0 heterocycles. The van der Waals surface area contributed by atoms with E-state index < -0.39 is 0 Å². The Hall–Kier alpha value is -1.29. The summed E-state index contributed by atoms with van der Waals surface area (Å²) in [7, 11) is 1.35. The van der Waals surface area contributed by atoms with Crippen molar-refractivity contribution in [2.75, 3.05) is 18.6 Å². The standard InChI is InChI=1S/C14H18O3S/c1-9-5-11(3)12(6-10(9)2)13(15)7-18-8-14(16)17-4/h5-6H,7-8H2,1-4H3. The van der Waals surface area contributed by atoms with Crippen LogP contribution in [0.25, 0.3) is 0 Å². The maximum atomic E-state index is 12.0. The van der Waals surface area contributed by atoms with Crippen LogP contribution in [0.2, 0.25) is 0 Å². The van der Waals surface area contributed by atoms with Crippen LogP contribution in [-0.4, -0.2) is 30.4 Å². The van der Waals surface area contributed by atoms with Crippen LogP contribution in [0.15, 0.2) is 12.1 Å². The van der Waals surface area contributed by atoms with Crippen molar-refractivity contribution < 1.29 is 14.3 Å². The molecule has 0 atom stereocenters. The van der Waals surface area contributed by atoms with Gasteiger partial charge in [0.15, 0.2) is 5.78 Å². The molecule has 0 fully saturated rings. The van der Waals surface area contributed by atoms with Crippen molar-refractivity contribution in [3.63, 3.8) is 0 Å². The molecule has 1 rings (SSSR count). The van der Waals surface area contributed by atoms with E-state index in [4.69, 9.17) is 0 Å². The number of carbonyl (C=O) groups excluding carboxylic acids is 2. The molecule has 0 radical (unpaired) electrons. The monoisotopic (exact) mass is 266 g/mol. The van der Waals surface area contributed by atoms with Gasteiger partial charge in [0.2, 0.25) is 0 Å². The zero-order valence-electron chi connectivity index (χ0n) is 11.2. The molecule has 0 N–H and O–H groups in total. The summed E-state index contributed by atoms with van der Waals surface area (Å²) >= 11 is 1.28. The first-order valence-electron chi connectivity index (χ1n) is 5.71. The van der Waals surface area contributed by atoms with E-state index in [9.17, 15) is 9.59 Å². The number of methoxy groups -OCH3 is 1. The van der Waals surface area contributed by atoms with Gasteiger partial charge in [-0.2, -0.15) is 0 Å². The van der Waals surface area contributed by atoms with Gasteiger partial charge in [0.05, 0.1) is 18.6 Å². The van der Waals surface area contributed by atoms with E-state index in [1.54, 1.807) is 0 Å². The highest BCUT2D eigenvalue weighted by Gasteiger charge is 2.11. The molecule has 0 amide bonds. The number of ketones is 1. The second-order valence-corrected chi connectivity index (χ2v) is 5.23. The zero-order valence-corrected chi connectivity index (χ0v) is 12.0. The highest BCUT2D eigenvalue weighted by atomic mass is 32.2. The van der Waals surface area contributed by atoms with E-state index in [-0.39, 0.29) is 17.5 Å². The molecule has 98 valence electrons. The molecule has 0 saturated heterocycles. The smallest absolute Gasteiger partial charge is 0.315 e. The first-order valence-corrected chi connectivity index (χ1v) is 6.86. The fraction of sp³-hybridized carbons (Fsp3) is 0.429. The minimum atomic E-state index is -0.301. The van der Waals surface area contributed by atoms with Crippen molar-refractivity contribution in [1.29, 1.82) is 0 Å². The predicted octanol–water partition coefficient (Wildman–Crippen LogP) is 2.70. The minimum absolute atomic E-state index is 0.0597. The van der Waals surface area contributed by atoms with Crippen molar-refractivity contribution in [3.05, 3.63) is 34.4 Å². The molecule has 0 unspecified atom stereocenters. The highest BCUT2D eigenvalue weighted by molar-refractivity contribution is 8.00. The van der Waals surface area contributed by atoms with Gasteiger partial charge in [-0.15, -0.1) is 11.8 Å². The molecule has 0 aliphatic rings. The van der Waals surface area contributed by atoms with E-state index in [1.165, 1.54) is 24.4 Å². The predicted molar refractivity (Wildman–Crippen MR) is 74.3 cm³/mol. The van der Waals surface area contributed by atoms with Gasteiger partial charge in [-0.05, 0) is 43.5 Å². The average molecular weight is 266 g/mol. The Kier molecular flexibility index (Phi) is 5.41. The molecule has 0 aromatic heterocycles. The summed E-state index contributed by atoms with van der Waals surface area (Å²) < 4.78 is 4.53. The first-order chi connectivity index (χ1) is 8.45. The van der Waals surface area contributed by atoms with Crippen LogP contribution in [0.1, 0.15) is 27.0 Å². The minimum Gasteiger partial charge on any atom is -0.468 e. The lowest BCUT2D eigenvalue weighted by molar-refractivity contribution is -0.137. The molecular weight excluding hydrogens is 248 g/mol. The van der Waals surface area contributed by atoms with Crippen molar-refractivity contribution >= 4 is 23.5 Å². The fourth-order valence-corrected chi connectivity index (χ4v) is 2.35. The van der Waals surface area contributed by atoms with Gasteiger partial charge in [0.1, 0.15) is 0 Å². The number of ether oxygens (including phenoxy) is 1. The summed E-state index contributed by atoms with van der Waals surface area (Å²) in [5.41, 5.74) is 4.03.